The zero-order chi connectivity index (χ0) is 18.2. The van der Waals surface area contributed by atoms with E-state index in [9.17, 15) is 4.79 Å². The number of likely N-dealkylation sites (tertiary alicyclic amines) is 1. The second kappa shape index (κ2) is 7.20. The Morgan fingerprint density at radius 3 is 3.07 bits per heavy atom. The molecule has 0 aromatic carbocycles. The van der Waals surface area contributed by atoms with Crippen molar-refractivity contribution in [3.05, 3.63) is 44.7 Å². The maximum Gasteiger partial charge on any atom is 0.267 e. The van der Waals surface area contributed by atoms with Crippen molar-refractivity contribution in [2.45, 2.75) is 70.7 Å². The maximum atomic E-state index is 12.5. The maximum absolute atomic E-state index is 12.5. The van der Waals surface area contributed by atoms with Gasteiger partial charge in [0.2, 0.25) is 0 Å². The largest absolute Gasteiger partial charge is 0.376 e. The van der Waals surface area contributed by atoms with Crippen LogP contribution in [0, 0.1) is 0 Å². The van der Waals surface area contributed by atoms with Gasteiger partial charge < -0.3 is 9.26 Å². The highest BCUT2D eigenvalue weighted by Gasteiger charge is 2.29. The van der Waals surface area contributed by atoms with E-state index < -0.39 is 0 Å². The lowest BCUT2D eigenvalue weighted by atomic mass is 9.96. The smallest absolute Gasteiger partial charge is 0.267 e. The number of ether oxygens (including phenoxy) is 1. The van der Waals surface area contributed by atoms with Gasteiger partial charge in [0.05, 0.1) is 25.5 Å². The summed E-state index contributed by atoms with van der Waals surface area (Å²) >= 11 is 0. The molecule has 0 N–H and O–H groups in total. The molecule has 0 radical (unpaired) electrons. The van der Waals surface area contributed by atoms with Crippen LogP contribution < -0.4 is 5.56 Å². The van der Waals surface area contributed by atoms with Crippen LogP contribution in [-0.2, 0) is 43.7 Å². The molecule has 0 amide bonds. The fourth-order valence-corrected chi connectivity index (χ4v) is 4.66. The zero-order valence-electron chi connectivity index (χ0n) is 15.7. The van der Waals surface area contributed by atoms with Crippen LogP contribution in [0.1, 0.15) is 54.0 Å². The van der Waals surface area contributed by atoms with Crippen LogP contribution in [-0.4, -0.2) is 39.0 Å². The van der Waals surface area contributed by atoms with Gasteiger partial charge in [0.15, 0.2) is 0 Å². The van der Waals surface area contributed by atoms with Gasteiger partial charge >= 0.3 is 0 Å². The van der Waals surface area contributed by atoms with E-state index >= 15 is 0 Å². The number of rotatable bonds is 4. The molecular formula is C20H26N4O3. The normalized spacial score (nSPS) is 22.6. The van der Waals surface area contributed by atoms with Crippen LogP contribution in [0.15, 0.2) is 15.4 Å². The van der Waals surface area contributed by atoms with E-state index in [4.69, 9.17) is 9.26 Å². The molecule has 1 aliphatic carbocycles. The number of aryl methyl sites for hydroxylation is 1. The number of fused-ring (bicyclic) bond motifs is 2. The summed E-state index contributed by atoms with van der Waals surface area (Å²) in [5.41, 5.74) is 4.36. The summed E-state index contributed by atoms with van der Waals surface area (Å²) < 4.78 is 12.7. The van der Waals surface area contributed by atoms with Crippen molar-refractivity contribution in [1.82, 2.24) is 19.8 Å². The van der Waals surface area contributed by atoms with Gasteiger partial charge in [-0.05, 0) is 38.6 Å². The van der Waals surface area contributed by atoms with Gasteiger partial charge in [0.25, 0.3) is 5.56 Å². The second-order valence-electron chi connectivity index (χ2n) is 7.94. The molecule has 5 rings (SSSR count). The quantitative estimate of drug-likeness (QED) is 0.818. The third kappa shape index (κ3) is 3.34. The third-order valence-electron chi connectivity index (χ3n) is 6.17. The van der Waals surface area contributed by atoms with Gasteiger partial charge in [-0.15, -0.1) is 0 Å². The lowest BCUT2D eigenvalue weighted by Gasteiger charge is -2.25. The molecule has 1 fully saturated rings. The Kier molecular flexibility index (Phi) is 4.57. The van der Waals surface area contributed by atoms with Crippen LogP contribution in [0.3, 0.4) is 0 Å². The molecule has 0 saturated carbocycles. The predicted molar refractivity (Wildman–Crippen MR) is 98.4 cm³/mol. The van der Waals surface area contributed by atoms with Gasteiger partial charge in [-0.1, -0.05) is 5.16 Å². The van der Waals surface area contributed by atoms with Crippen molar-refractivity contribution in [2.24, 2.45) is 0 Å². The van der Waals surface area contributed by atoms with Crippen LogP contribution in [0.25, 0.3) is 0 Å². The van der Waals surface area contributed by atoms with Crippen molar-refractivity contribution in [3.63, 3.8) is 0 Å². The molecule has 4 heterocycles. The van der Waals surface area contributed by atoms with Crippen LogP contribution >= 0.6 is 0 Å². The molecular weight excluding hydrogens is 344 g/mol. The topological polar surface area (TPSA) is 73.4 Å². The molecule has 7 nitrogen and oxygen atoms in total. The molecule has 0 bridgehead atoms. The highest BCUT2D eigenvalue weighted by molar-refractivity contribution is 5.25. The first kappa shape index (κ1) is 17.1. The van der Waals surface area contributed by atoms with E-state index in [2.05, 4.69) is 15.2 Å². The molecule has 2 aliphatic heterocycles. The summed E-state index contributed by atoms with van der Waals surface area (Å²) in [6.07, 6.45) is 7.56. The van der Waals surface area contributed by atoms with E-state index in [1.54, 1.807) is 10.7 Å². The molecule has 1 saturated heterocycles. The zero-order valence-corrected chi connectivity index (χ0v) is 15.7. The van der Waals surface area contributed by atoms with Crippen molar-refractivity contribution in [3.8, 4) is 0 Å². The summed E-state index contributed by atoms with van der Waals surface area (Å²) in [6.45, 7) is 3.69. The molecule has 3 aliphatic rings. The molecule has 7 heteroatoms. The minimum absolute atomic E-state index is 0.0232. The molecule has 1 atom stereocenters. The average molecular weight is 370 g/mol. The fourth-order valence-electron chi connectivity index (χ4n) is 4.66. The minimum atomic E-state index is -0.0232. The first-order valence-electron chi connectivity index (χ1n) is 10.2. The summed E-state index contributed by atoms with van der Waals surface area (Å²) in [5, 5.41) is 9.00. The molecule has 144 valence electrons. The third-order valence-corrected chi connectivity index (χ3v) is 6.17. The molecule has 2 aromatic heterocycles. The Morgan fingerprint density at radius 1 is 1.19 bits per heavy atom. The van der Waals surface area contributed by atoms with Gasteiger partial charge in [0.1, 0.15) is 11.5 Å². The second-order valence-corrected chi connectivity index (χ2v) is 7.94. The molecule has 1 unspecified atom stereocenters. The number of nitrogens with zero attached hydrogens (tertiary/aromatic N) is 4. The summed E-state index contributed by atoms with van der Waals surface area (Å²) in [7, 11) is 0. The minimum Gasteiger partial charge on any atom is -0.376 e. The van der Waals surface area contributed by atoms with Crippen LogP contribution in [0.4, 0.5) is 0 Å². The first-order valence-corrected chi connectivity index (χ1v) is 10.2. The van der Waals surface area contributed by atoms with Crippen molar-refractivity contribution >= 4 is 0 Å². The summed E-state index contributed by atoms with van der Waals surface area (Å²) in [6, 6.07) is 2.03. The highest BCUT2D eigenvalue weighted by atomic mass is 16.5. The molecule has 27 heavy (non-hydrogen) atoms. The van der Waals surface area contributed by atoms with Gasteiger partial charge in [-0.25, -0.2) is 4.68 Å². The lowest BCUT2D eigenvalue weighted by Crippen LogP contribution is -2.38. The average Bonchev–Trinajstić information content (AvgIpc) is 3.30. The number of hydrogen-bond acceptors (Lipinski definition) is 6. The van der Waals surface area contributed by atoms with Crippen molar-refractivity contribution < 1.29 is 9.26 Å². The Morgan fingerprint density at radius 2 is 2.11 bits per heavy atom. The van der Waals surface area contributed by atoms with Crippen molar-refractivity contribution in [1.29, 1.82) is 0 Å². The highest BCUT2D eigenvalue weighted by Crippen LogP contribution is 2.27. The Bertz CT molecular complexity index is 888. The fraction of sp³-hybridized carbons (Fsp3) is 0.650. The van der Waals surface area contributed by atoms with E-state index in [-0.39, 0.29) is 5.56 Å². The van der Waals surface area contributed by atoms with Crippen molar-refractivity contribution in [2.75, 3.05) is 13.2 Å². The van der Waals surface area contributed by atoms with E-state index in [0.717, 1.165) is 67.9 Å². The summed E-state index contributed by atoms with van der Waals surface area (Å²) in [4.78, 5) is 14.9. The van der Waals surface area contributed by atoms with Gasteiger partial charge in [-0.3, -0.25) is 9.69 Å². The van der Waals surface area contributed by atoms with Crippen LogP contribution in [0.5, 0.6) is 0 Å². The van der Waals surface area contributed by atoms with Gasteiger partial charge in [-0.2, -0.15) is 5.10 Å². The summed E-state index contributed by atoms with van der Waals surface area (Å²) in [5.74, 6) is 1.08. The van der Waals surface area contributed by atoms with Gasteiger partial charge in [0, 0.05) is 42.6 Å². The van der Waals surface area contributed by atoms with Crippen LogP contribution in [0.2, 0.25) is 0 Å². The standard InChI is InChI=1S/C20H26N4O3/c25-20-10-14-13-26-9-7-17(14)21-24(20)11-15-4-3-8-23(15)12-18-16-5-1-2-6-19(16)27-22-18/h10,15H,1-9,11-13H2. The monoisotopic (exact) mass is 370 g/mol. The van der Waals surface area contributed by atoms with E-state index in [1.807, 2.05) is 0 Å². The Balaban J connectivity index is 1.33. The SMILES string of the molecule is O=c1cc2c(nn1CC1CCCN1Cc1noc3c1CCCC3)CCOC2. The Labute approximate surface area is 158 Å². The number of hydrogen-bond donors (Lipinski definition) is 0. The molecule has 2 aromatic rings. The predicted octanol–water partition coefficient (Wildman–Crippen LogP) is 1.85. The molecule has 0 spiro atoms. The first-order chi connectivity index (χ1) is 13.3. The lowest BCUT2D eigenvalue weighted by molar-refractivity contribution is 0.107. The van der Waals surface area contributed by atoms with E-state index in [1.165, 1.54) is 18.4 Å². The number of aromatic nitrogens is 3. The Hall–Kier alpha value is -1.99. The van der Waals surface area contributed by atoms with E-state index in [0.29, 0.717) is 25.8 Å².